The van der Waals surface area contributed by atoms with Crippen molar-refractivity contribution in [2.75, 3.05) is 6.54 Å². The Kier molecular flexibility index (Phi) is 11.1. The number of aliphatic hydroxyl groups is 1. The van der Waals surface area contributed by atoms with Crippen LogP contribution in [0.4, 0.5) is 4.39 Å². The SMILES string of the molecule is Cc1nn(C)cc1CN(CCCn1ccnc1)Cc1cccc(F)c1.O=C(O)CC(O)(CC(=O)O)C(=O)O. The normalized spacial score (nSPS) is 11.2. The molecular weight excluding hydrogens is 501 g/mol. The van der Waals surface area contributed by atoms with E-state index in [2.05, 4.69) is 25.7 Å². The van der Waals surface area contributed by atoms with Crippen molar-refractivity contribution in [1.82, 2.24) is 24.2 Å². The maximum Gasteiger partial charge on any atom is 0.336 e. The maximum absolute atomic E-state index is 13.5. The second kappa shape index (κ2) is 14.0. The summed E-state index contributed by atoms with van der Waals surface area (Å²) in [5.74, 6) is -5.21. The van der Waals surface area contributed by atoms with Gasteiger partial charge in [0.15, 0.2) is 5.60 Å². The first-order chi connectivity index (χ1) is 17.9. The number of imidazole rings is 1. The molecule has 0 unspecified atom stereocenters. The second-order valence-corrected chi connectivity index (χ2v) is 8.89. The Morgan fingerprint density at radius 3 is 2.29 bits per heavy atom. The van der Waals surface area contributed by atoms with Crippen LogP contribution in [-0.2, 0) is 41.1 Å². The number of rotatable bonds is 13. The van der Waals surface area contributed by atoms with E-state index in [0.29, 0.717) is 0 Å². The van der Waals surface area contributed by atoms with Gasteiger partial charge in [0.2, 0.25) is 0 Å². The van der Waals surface area contributed by atoms with Gasteiger partial charge in [0.25, 0.3) is 0 Å². The highest BCUT2D eigenvalue weighted by atomic mass is 19.1. The molecule has 2 heterocycles. The van der Waals surface area contributed by atoms with Crippen molar-refractivity contribution < 1.29 is 39.2 Å². The van der Waals surface area contributed by atoms with E-state index < -0.39 is 36.4 Å². The average Bonchev–Trinajstić information content (AvgIpc) is 3.42. The lowest BCUT2D eigenvalue weighted by molar-refractivity contribution is -0.170. The van der Waals surface area contributed by atoms with Crippen LogP contribution in [0.25, 0.3) is 0 Å². The predicted octanol–water partition coefficient (Wildman–Crippen LogP) is 1.91. The molecule has 0 saturated carbocycles. The number of aromatic nitrogens is 4. The van der Waals surface area contributed by atoms with Gasteiger partial charge in [-0.2, -0.15) is 5.10 Å². The number of carboxylic acid groups (broad SMARTS) is 3. The van der Waals surface area contributed by atoms with Crippen LogP contribution in [0.1, 0.15) is 36.1 Å². The van der Waals surface area contributed by atoms with E-state index in [1.807, 2.05) is 37.2 Å². The Hall–Kier alpha value is -4.10. The fourth-order valence-corrected chi connectivity index (χ4v) is 3.76. The highest BCUT2D eigenvalue weighted by molar-refractivity contribution is 5.88. The standard InChI is InChI=1S/C19H24FN5.C6H8O7/c1-16-18(13-23(2)22-16)14-25(9-4-8-24-10-7-21-15-24)12-17-5-3-6-19(20)11-17;7-3(8)1-6(13,5(11)12)2-4(9)10/h3,5-7,10-11,13,15H,4,8-9,12,14H2,1-2H3;13H,1-2H2,(H,7,8)(H,9,10)(H,11,12). The van der Waals surface area contributed by atoms with Gasteiger partial charge >= 0.3 is 17.9 Å². The quantitative estimate of drug-likeness (QED) is 0.254. The molecule has 13 heteroatoms. The molecule has 0 aliphatic rings. The van der Waals surface area contributed by atoms with Gasteiger partial charge in [0.1, 0.15) is 5.82 Å². The van der Waals surface area contributed by atoms with Crippen LogP contribution in [0, 0.1) is 12.7 Å². The zero-order valence-electron chi connectivity index (χ0n) is 21.2. The second-order valence-electron chi connectivity index (χ2n) is 8.89. The molecule has 206 valence electrons. The molecule has 0 fully saturated rings. The highest BCUT2D eigenvalue weighted by Gasteiger charge is 2.40. The van der Waals surface area contributed by atoms with E-state index in [-0.39, 0.29) is 5.82 Å². The maximum atomic E-state index is 13.5. The molecule has 0 spiro atoms. The summed E-state index contributed by atoms with van der Waals surface area (Å²) in [6.07, 6.45) is 6.38. The van der Waals surface area contributed by atoms with Crippen molar-refractivity contribution in [3.8, 4) is 0 Å². The minimum absolute atomic E-state index is 0.187. The third kappa shape index (κ3) is 10.1. The third-order valence-corrected chi connectivity index (χ3v) is 5.54. The molecule has 0 atom stereocenters. The summed E-state index contributed by atoms with van der Waals surface area (Å²) in [5, 5.41) is 38.2. The average molecular weight is 534 g/mol. The summed E-state index contributed by atoms with van der Waals surface area (Å²) in [4.78, 5) is 36.9. The van der Waals surface area contributed by atoms with E-state index in [0.717, 1.165) is 43.9 Å². The van der Waals surface area contributed by atoms with Gasteiger partial charge in [0.05, 0.1) is 24.9 Å². The van der Waals surface area contributed by atoms with E-state index >= 15 is 0 Å². The van der Waals surface area contributed by atoms with Crippen LogP contribution in [0.15, 0.2) is 49.2 Å². The van der Waals surface area contributed by atoms with E-state index in [4.69, 9.17) is 20.4 Å². The Balaban J connectivity index is 0.000000332. The molecule has 0 bridgehead atoms. The van der Waals surface area contributed by atoms with Crippen molar-refractivity contribution >= 4 is 17.9 Å². The first-order valence-corrected chi connectivity index (χ1v) is 11.7. The number of aryl methyl sites for hydroxylation is 3. The Labute approximate surface area is 218 Å². The molecule has 0 aliphatic carbocycles. The lowest BCUT2D eigenvalue weighted by Gasteiger charge is -2.22. The lowest BCUT2D eigenvalue weighted by Crippen LogP contribution is -2.42. The highest BCUT2D eigenvalue weighted by Crippen LogP contribution is 2.16. The van der Waals surface area contributed by atoms with Crippen molar-refractivity contribution in [3.63, 3.8) is 0 Å². The molecule has 1 aromatic carbocycles. The van der Waals surface area contributed by atoms with Crippen LogP contribution in [0.2, 0.25) is 0 Å². The Morgan fingerprint density at radius 2 is 1.79 bits per heavy atom. The molecule has 4 N–H and O–H groups in total. The first-order valence-electron chi connectivity index (χ1n) is 11.7. The summed E-state index contributed by atoms with van der Waals surface area (Å²) in [6, 6.07) is 6.84. The number of aliphatic carboxylic acids is 3. The van der Waals surface area contributed by atoms with Gasteiger partial charge in [-0.3, -0.25) is 19.2 Å². The topological polar surface area (TPSA) is 171 Å². The van der Waals surface area contributed by atoms with Gasteiger partial charge < -0.3 is 25.0 Å². The zero-order valence-corrected chi connectivity index (χ0v) is 21.2. The van der Waals surface area contributed by atoms with Crippen LogP contribution in [-0.4, -0.2) is 74.7 Å². The lowest BCUT2D eigenvalue weighted by atomic mass is 9.96. The minimum Gasteiger partial charge on any atom is -0.481 e. The summed E-state index contributed by atoms with van der Waals surface area (Å²) >= 11 is 0. The number of halogens is 1. The van der Waals surface area contributed by atoms with Crippen LogP contribution in [0.5, 0.6) is 0 Å². The molecule has 38 heavy (non-hydrogen) atoms. The van der Waals surface area contributed by atoms with Crippen molar-refractivity contribution in [1.29, 1.82) is 0 Å². The first kappa shape index (κ1) is 30.1. The van der Waals surface area contributed by atoms with Crippen molar-refractivity contribution in [2.24, 2.45) is 7.05 Å². The van der Waals surface area contributed by atoms with E-state index in [1.165, 1.54) is 11.6 Å². The summed E-state index contributed by atoms with van der Waals surface area (Å²) in [6.45, 7) is 5.39. The van der Waals surface area contributed by atoms with Gasteiger partial charge in [-0.15, -0.1) is 0 Å². The van der Waals surface area contributed by atoms with Crippen LogP contribution in [0.3, 0.4) is 0 Å². The fourth-order valence-electron chi connectivity index (χ4n) is 3.76. The molecule has 3 aromatic rings. The molecule has 12 nitrogen and oxygen atoms in total. The Morgan fingerprint density at radius 1 is 1.11 bits per heavy atom. The number of carboxylic acids is 3. The number of hydrogen-bond donors (Lipinski definition) is 4. The summed E-state index contributed by atoms with van der Waals surface area (Å²) in [5.41, 5.74) is 0.504. The largest absolute Gasteiger partial charge is 0.481 e. The smallest absolute Gasteiger partial charge is 0.336 e. The number of carbonyl (C=O) groups is 3. The Bertz CT molecular complexity index is 1200. The minimum atomic E-state index is -2.74. The number of benzene rings is 1. The van der Waals surface area contributed by atoms with Crippen molar-refractivity contribution in [3.05, 3.63) is 71.8 Å². The van der Waals surface area contributed by atoms with E-state index in [1.54, 1.807) is 18.3 Å². The van der Waals surface area contributed by atoms with Crippen LogP contribution >= 0.6 is 0 Å². The predicted molar refractivity (Wildman–Crippen MR) is 132 cm³/mol. The third-order valence-electron chi connectivity index (χ3n) is 5.54. The zero-order chi connectivity index (χ0) is 28.3. The summed E-state index contributed by atoms with van der Waals surface area (Å²) < 4.78 is 17.4. The molecule has 0 radical (unpaired) electrons. The molecule has 3 rings (SSSR count). The van der Waals surface area contributed by atoms with Crippen LogP contribution < -0.4 is 0 Å². The molecular formula is C25H32FN5O7. The van der Waals surface area contributed by atoms with E-state index in [9.17, 15) is 18.8 Å². The molecule has 0 amide bonds. The van der Waals surface area contributed by atoms with Gasteiger partial charge in [0, 0.05) is 57.4 Å². The number of nitrogens with zero attached hydrogens (tertiary/aromatic N) is 5. The molecule has 0 saturated heterocycles. The molecule has 2 aromatic heterocycles. The van der Waals surface area contributed by atoms with Crippen molar-refractivity contribution in [2.45, 2.75) is 51.4 Å². The van der Waals surface area contributed by atoms with Gasteiger partial charge in [-0.1, -0.05) is 12.1 Å². The molecule has 0 aliphatic heterocycles. The fraction of sp³-hybridized carbons (Fsp3) is 0.400. The van der Waals surface area contributed by atoms with Gasteiger partial charge in [-0.05, 0) is 31.0 Å². The number of hydrogen-bond acceptors (Lipinski definition) is 7. The van der Waals surface area contributed by atoms with Gasteiger partial charge in [-0.25, -0.2) is 14.2 Å². The monoisotopic (exact) mass is 533 g/mol. The summed E-state index contributed by atoms with van der Waals surface area (Å²) in [7, 11) is 1.94.